The van der Waals surface area contributed by atoms with E-state index in [1.165, 1.54) is 12.1 Å². The fraction of sp³-hybridized carbons (Fsp3) is 0.435. The molecule has 1 aliphatic rings. The van der Waals surface area contributed by atoms with Gasteiger partial charge in [-0.2, -0.15) is 0 Å². The van der Waals surface area contributed by atoms with Crippen molar-refractivity contribution in [2.75, 3.05) is 13.2 Å². The molecule has 2 aromatic rings. The van der Waals surface area contributed by atoms with Gasteiger partial charge in [0.15, 0.2) is 0 Å². The molecule has 146 valence electrons. The third kappa shape index (κ3) is 5.39. The molecule has 1 saturated heterocycles. The highest BCUT2D eigenvalue weighted by atomic mass is 19.1. The van der Waals surface area contributed by atoms with Crippen LogP contribution in [-0.4, -0.2) is 24.0 Å². The number of nitrogens with zero attached hydrogens (tertiary/aromatic N) is 1. The van der Waals surface area contributed by atoms with Crippen molar-refractivity contribution >= 4 is 5.91 Å². The van der Waals surface area contributed by atoms with Crippen molar-refractivity contribution in [1.29, 1.82) is 0 Å². The van der Waals surface area contributed by atoms with Crippen LogP contribution in [0.1, 0.15) is 63.3 Å². The van der Waals surface area contributed by atoms with Gasteiger partial charge in [-0.25, -0.2) is 4.39 Å². The zero-order valence-corrected chi connectivity index (χ0v) is 16.5. The van der Waals surface area contributed by atoms with Gasteiger partial charge in [-0.1, -0.05) is 63.2 Å². The van der Waals surface area contributed by atoms with Crippen LogP contribution < -0.4 is 0 Å². The van der Waals surface area contributed by atoms with Gasteiger partial charge in [-0.15, -0.1) is 0 Å². The Morgan fingerprint density at radius 2 is 1.70 bits per heavy atom. The Morgan fingerprint density at radius 3 is 2.26 bits per heavy atom. The molecule has 0 radical (unpaired) electrons. The summed E-state index contributed by atoms with van der Waals surface area (Å²) < 4.78 is 19.6. The van der Waals surface area contributed by atoms with E-state index in [0.29, 0.717) is 13.0 Å². The Kier molecular flexibility index (Phi) is 8.46. The Bertz CT molecular complexity index is 687. The smallest absolute Gasteiger partial charge is 0.223 e. The van der Waals surface area contributed by atoms with Crippen LogP contribution in [0.4, 0.5) is 4.39 Å². The van der Waals surface area contributed by atoms with Crippen molar-refractivity contribution in [3.05, 3.63) is 71.5 Å². The fourth-order valence-electron chi connectivity index (χ4n) is 3.40. The first-order valence-electron chi connectivity index (χ1n) is 9.92. The normalized spacial score (nSPS) is 15.9. The van der Waals surface area contributed by atoms with E-state index in [-0.39, 0.29) is 23.9 Å². The average Bonchev–Trinajstić information content (AvgIpc) is 3.13. The second-order valence-electron chi connectivity index (χ2n) is 6.39. The molecular formula is C23H30FNO2. The Labute approximate surface area is 162 Å². The highest BCUT2D eigenvalue weighted by Crippen LogP contribution is 2.39. The summed E-state index contributed by atoms with van der Waals surface area (Å²) >= 11 is 0. The summed E-state index contributed by atoms with van der Waals surface area (Å²) in [5.41, 5.74) is 1.94. The van der Waals surface area contributed by atoms with Crippen LogP contribution in [0.5, 0.6) is 0 Å². The number of amides is 1. The minimum Gasteiger partial charge on any atom is -0.371 e. The molecule has 2 aromatic carbocycles. The van der Waals surface area contributed by atoms with Crippen molar-refractivity contribution in [1.82, 2.24) is 4.90 Å². The van der Waals surface area contributed by atoms with Gasteiger partial charge in [0, 0.05) is 19.6 Å². The molecule has 0 bridgehead atoms. The second-order valence-corrected chi connectivity index (χ2v) is 6.39. The van der Waals surface area contributed by atoms with E-state index < -0.39 is 0 Å². The lowest BCUT2D eigenvalue weighted by atomic mass is 9.94. The lowest BCUT2D eigenvalue weighted by molar-refractivity contribution is -0.133. The summed E-state index contributed by atoms with van der Waals surface area (Å²) in [6.07, 6.45) is 2.01. The molecule has 1 amide bonds. The highest BCUT2D eigenvalue weighted by Gasteiger charge is 2.36. The lowest BCUT2D eigenvalue weighted by Crippen LogP contribution is -2.35. The summed E-state index contributed by atoms with van der Waals surface area (Å²) in [6.45, 7) is 7.37. The van der Waals surface area contributed by atoms with E-state index in [1.54, 1.807) is 12.1 Å². The van der Waals surface area contributed by atoms with Crippen molar-refractivity contribution in [3.8, 4) is 0 Å². The molecule has 0 saturated carbocycles. The number of ether oxygens (including phenoxy) is 1. The number of carbonyl (C=O) groups is 1. The number of carbonyl (C=O) groups excluding carboxylic acids is 1. The maximum Gasteiger partial charge on any atom is 0.223 e. The second kappa shape index (κ2) is 10.8. The zero-order chi connectivity index (χ0) is 19.6. The summed E-state index contributed by atoms with van der Waals surface area (Å²) in [7, 11) is 0. The summed E-state index contributed by atoms with van der Waals surface area (Å²) in [5, 5.41) is 0. The Balaban J connectivity index is 0.00000126. The molecule has 1 fully saturated rings. The third-order valence-electron chi connectivity index (χ3n) is 4.57. The Hall–Kier alpha value is -2.20. The van der Waals surface area contributed by atoms with Gasteiger partial charge in [-0.05, 0) is 36.1 Å². The molecule has 0 unspecified atom stereocenters. The van der Waals surface area contributed by atoms with E-state index in [2.05, 4.69) is 6.92 Å². The molecule has 0 N–H and O–H groups in total. The SMILES string of the molecule is CC.CCCO[C@H](c1ccc(F)cc1)[C@H](c1ccccc1)N1CCCC1=O. The van der Waals surface area contributed by atoms with Gasteiger partial charge in [-0.3, -0.25) is 4.79 Å². The number of benzene rings is 2. The third-order valence-corrected chi connectivity index (χ3v) is 4.57. The molecule has 4 heteroatoms. The molecular weight excluding hydrogens is 341 g/mol. The summed E-state index contributed by atoms with van der Waals surface area (Å²) in [6, 6.07) is 16.2. The van der Waals surface area contributed by atoms with Crippen molar-refractivity contribution in [2.24, 2.45) is 0 Å². The van der Waals surface area contributed by atoms with Gasteiger partial charge in [0.05, 0.1) is 6.04 Å². The van der Waals surface area contributed by atoms with Gasteiger partial charge in [0.1, 0.15) is 11.9 Å². The number of hydrogen-bond donors (Lipinski definition) is 0. The largest absolute Gasteiger partial charge is 0.371 e. The fourth-order valence-corrected chi connectivity index (χ4v) is 3.40. The van der Waals surface area contributed by atoms with Gasteiger partial charge in [0.2, 0.25) is 5.91 Å². The summed E-state index contributed by atoms with van der Waals surface area (Å²) in [4.78, 5) is 14.4. The molecule has 0 aliphatic carbocycles. The first-order valence-corrected chi connectivity index (χ1v) is 9.92. The molecule has 0 aromatic heterocycles. The molecule has 0 spiro atoms. The quantitative estimate of drug-likeness (QED) is 0.626. The van der Waals surface area contributed by atoms with Gasteiger partial charge < -0.3 is 9.64 Å². The predicted octanol–water partition coefficient (Wildman–Crippen LogP) is 5.68. The first kappa shape index (κ1) is 21.1. The maximum absolute atomic E-state index is 13.4. The minimum absolute atomic E-state index is 0.154. The zero-order valence-electron chi connectivity index (χ0n) is 16.5. The lowest BCUT2D eigenvalue weighted by Gasteiger charge is -2.35. The number of likely N-dealkylation sites (tertiary alicyclic amines) is 1. The first-order chi connectivity index (χ1) is 13.2. The van der Waals surface area contributed by atoms with E-state index in [1.807, 2.05) is 49.1 Å². The maximum atomic E-state index is 13.4. The number of hydrogen-bond acceptors (Lipinski definition) is 2. The Morgan fingerprint density at radius 1 is 1.04 bits per heavy atom. The van der Waals surface area contributed by atoms with Crippen LogP contribution in [0.3, 0.4) is 0 Å². The number of halogens is 1. The molecule has 3 nitrogen and oxygen atoms in total. The average molecular weight is 371 g/mol. The molecule has 1 aliphatic heterocycles. The van der Waals surface area contributed by atoms with Crippen LogP contribution in [0.25, 0.3) is 0 Å². The van der Waals surface area contributed by atoms with Gasteiger partial charge >= 0.3 is 0 Å². The van der Waals surface area contributed by atoms with E-state index in [4.69, 9.17) is 4.74 Å². The monoisotopic (exact) mass is 371 g/mol. The van der Waals surface area contributed by atoms with Crippen LogP contribution in [0.15, 0.2) is 54.6 Å². The van der Waals surface area contributed by atoms with E-state index in [9.17, 15) is 9.18 Å². The number of rotatable bonds is 7. The molecule has 3 rings (SSSR count). The summed E-state index contributed by atoms with van der Waals surface area (Å²) in [5.74, 6) is -0.118. The van der Waals surface area contributed by atoms with Crippen LogP contribution in [0, 0.1) is 5.82 Å². The predicted molar refractivity (Wildman–Crippen MR) is 107 cm³/mol. The standard InChI is InChI=1S/C21H24FNO2.C2H6/c1-2-15-25-21(17-10-12-18(22)13-11-17)20(16-7-4-3-5-8-16)23-14-6-9-19(23)24;1-2/h3-5,7-8,10-13,20-21H,2,6,9,14-15H2,1H3;1-2H3/t20-,21+;/m0./s1. The van der Waals surface area contributed by atoms with Crippen LogP contribution >= 0.6 is 0 Å². The van der Waals surface area contributed by atoms with E-state index in [0.717, 1.165) is 30.5 Å². The highest BCUT2D eigenvalue weighted by molar-refractivity contribution is 5.78. The van der Waals surface area contributed by atoms with Crippen molar-refractivity contribution < 1.29 is 13.9 Å². The minimum atomic E-state index is -0.315. The van der Waals surface area contributed by atoms with Crippen LogP contribution in [-0.2, 0) is 9.53 Å². The topological polar surface area (TPSA) is 29.5 Å². The van der Waals surface area contributed by atoms with Gasteiger partial charge in [0.25, 0.3) is 0 Å². The molecule has 2 atom stereocenters. The van der Waals surface area contributed by atoms with Crippen molar-refractivity contribution in [2.45, 2.75) is 52.2 Å². The van der Waals surface area contributed by atoms with Crippen molar-refractivity contribution in [3.63, 3.8) is 0 Å². The van der Waals surface area contributed by atoms with E-state index >= 15 is 0 Å². The molecule has 27 heavy (non-hydrogen) atoms. The molecule has 1 heterocycles. The van der Waals surface area contributed by atoms with Crippen LogP contribution in [0.2, 0.25) is 0 Å².